The molecule has 0 aromatic carbocycles. The minimum absolute atomic E-state index is 0.0160. The number of carbonyl (C=O) groups excluding carboxylic acids is 2. The Balaban J connectivity index is 1.85. The van der Waals surface area contributed by atoms with Gasteiger partial charge in [-0.05, 0) is 24.3 Å². The number of aliphatic carboxylic acids is 1. The van der Waals surface area contributed by atoms with Crippen molar-refractivity contribution in [3.63, 3.8) is 0 Å². The first-order valence-electron chi connectivity index (χ1n) is 5.91. The van der Waals surface area contributed by atoms with E-state index in [0.717, 1.165) is 12.8 Å². The zero-order valence-electron chi connectivity index (χ0n) is 10.2. The molecule has 0 radical (unpaired) electrons. The molecule has 19 heavy (non-hydrogen) atoms. The van der Waals surface area contributed by atoms with Crippen LogP contribution in [-0.2, 0) is 9.59 Å². The second-order valence-electron chi connectivity index (χ2n) is 4.31. The fourth-order valence-corrected chi connectivity index (χ4v) is 2.35. The number of amides is 2. The SMILES string of the molecule is O=C(O)CN(C(=O)CNC(=O)c1cccs1)C1CC1. The molecular weight excluding hydrogens is 268 g/mol. The van der Waals surface area contributed by atoms with E-state index >= 15 is 0 Å². The maximum Gasteiger partial charge on any atom is 0.323 e. The average molecular weight is 282 g/mol. The molecule has 1 aliphatic carbocycles. The van der Waals surface area contributed by atoms with Crippen LogP contribution < -0.4 is 5.32 Å². The van der Waals surface area contributed by atoms with Crippen molar-refractivity contribution in [2.24, 2.45) is 0 Å². The highest BCUT2D eigenvalue weighted by Gasteiger charge is 2.33. The Labute approximate surface area is 114 Å². The molecule has 0 aliphatic heterocycles. The molecule has 2 N–H and O–H groups in total. The smallest absolute Gasteiger partial charge is 0.323 e. The number of nitrogens with zero attached hydrogens (tertiary/aromatic N) is 1. The quantitative estimate of drug-likeness (QED) is 0.798. The predicted octanol–water partition coefficient (Wildman–Crippen LogP) is 0.554. The highest BCUT2D eigenvalue weighted by atomic mass is 32.1. The molecule has 7 heteroatoms. The normalized spacial score (nSPS) is 13.9. The third-order valence-corrected chi connectivity index (χ3v) is 3.63. The summed E-state index contributed by atoms with van der Waals surface area (Å²) in [5.41, 5.74) is 0. The molecule has 1 aromatic heterocycles. The Hall–Kier alpha value is -1.89. The Morgan fingerprint density at radius 3 is 2.68 bits per heavy atom. The number of thiophene rings is 1. The standard InChI is InChI=1S/C12H14N2O4S/c15-10(14(7-11(16)17)8-3-4-8)6-13-12(18)9-2-1-5-19-9/h1-2,5,8H,3-4,6-7H2,(H,13,18)(H,16,17). The van der Waals surface area contributed by atoms with Crippen molar-refractivity contribution in [2.45, 2.75) is 18.9 Å². The van der Waals surface area contributed by atoms with E-state index < -0.39 is 5.97 Å². The molecule has 0 bridgehead atoms. The summed E-state index contributed by atoms with van der Waals surface area (Å²) in [4.78, 5) is 36.1. The van der Waals surface area contributed by atoms with Gasteiger partial charge < -0.3 is 15.3 Å². The van der Waals surface area contributed by atoms with Crippen molar-refractivity contribution in [1.29, 1.82) is 0 Å². The third kappa shape index (κ3) is 3.78. The van der Waals surface area contributed by atoms with Gasteiger partial charge in [0.25, 0.3) is 5.91 Å². The predicted molar refractivity (Wildman–Crippen MR) is 69.0 cm³/mol. The molecule has 6 nitrogen and oxygen atoms in total. The number of hydrogen-bond acceptors (Lipinski definition) is 4. The number of carbonyl (C=O) groups is 3. The minimum Gasteiger partial charge on any atom is -0.480 e. The lowest BCUT2D eigenvalue weighted by Crippen LogP contribution is -2.43. The zero-order chi connectivity index (χ0) is 13.8. The number of hydrogen-bond donors (Lipinski definition) is 2. The average Bonchev–Trinajstić information content (AvgIpc) is 3.06. The second kappa shape index (κ2) is 5.83. The summed E-state index contributed by atoms with van der Waals surface area (Å²) in [6, 6.07) is 3.44. The summed E-state index contributed by atoms with van der Waals surface area (Å²) in [5.74, 6) is -1.70. The van der Waals surface area contributed by atoms with Gasteiger partial charge in [0.2, 0.25) is 5.91 Å². The first kappa shape index (κ1) is 13.5. The molecule has 102 valence electrons. The molecular formula is C12H14N2O4S. The Morgan fingerprint density at radius 2 is 2.16 bits per heavy atom. The van der Waals surface area contributed by atoms with Gasteiger partial charge in [-0.3, -0.25) is 14.4 Å². The summed E-state index contributed by atoms with van der Waals surface area (Å²) >= 11 is 1.29. The molecule has 1 aliphatic rings. The van der Waals surface area contributed by atoms with Crippen molar-refractivity contribution in [1.82, 2.24) is 10.2 Å². The lowest BCUT2D eigenvalue weighted by molar-refractivity contribution is -0.144. The largest absolute Gasteiger partial charge is 0.480 e. The molecule has 0 unspecified atom stereocenters. The van der Waals surface area contributed by atoms with Crippen molar-refractivity contribution in [3.05, 3.63) is 22.4 Å². The van der Waals surface area contributed by atoms with Crippen LogP contribution in [0.2, 0.25) is 0 Å². The van der Waals surface area contributed by atoms with Crippen molar-refractivity contribution in [3.8, 4) is 0 Å². The van der Waals surface area contributed by atoms with Gasteiger partial charge in [-0.15, -0.1) is 11.3 Å². The van der Waals surface area contributed by atoms with Crippen LogP contribution in [0.1, 0.15) is 22.5 Å². The van der Waals surface area contributed by atoms with Crippen LogP contribution in [0.25, 0.3) is 0 Å². The minimum atomic E-state index is -1.04. The Kier molecular flexibility index (Phi) is 4.16. The van der Waals surface area contributed by atoms with E-state index in [1.54, 1.807) is 17.5 Å². The van der Waals surface area contributed by atoms with Crippen LogP contribution in [0, 0.1) is 0 Å². The van der Waals surface area contributed by atoms with Crippen LogP contribution >= 0.6 is 11.3 Å². The number of carboxylic acids is 1. The lowest BCUT2D eigenvalue weighted by atomic mass is 10.4. The molecule has 1 saturated carbocycles. The van der Waals surface area contributed by atoms with Crippen LogP contribution in [-0.4, -0.2) is 46.9 Å². The van der Waals surface area contributed by atoms with Crippen LogP contribution in [0.15, 0.2) is 17.5 Å². The topological polar surface area (TPSA) is 86.7 Å². The van der Waals surface area contributed by atoms with Gasteiger partial charge in [0.05, 0.1) is 11.4 Å². The van der Waals surface area contributed by atoms with E-state index in [1.165, 1.54) is 16.2 Å². The van der Waals surface area contributed by atoms with E-state index in [2.05, 4.69) is 5.32 Å². The van der Waals surface area contributed by atoms with Gasteiger partial charge in [-0.25, -0.2) is 0 Å². The van der Waals surface area contributed by atoms with Gasteiger partial charge in [-0.1, -0.05) is 6.07 Å². The van der Waals surface area contributed by atoms with Crippen LogP contribution in [0.5, 0.6) is 0 Å². The molecule has 1 heterocycles. The lowest BCUT2D eigenvalue weighted by Gasteiger charge is -2.20. The maximum absolute atomic E-state index is 11.9. The Morgan fingerprint density at radius 1 is 1.42 bits per heavy atom. The summed E-state index contributed by atoms with van der Waals surface area (Å²) < 4.78 is 0. The summed E-state index contributed by atoms with van der Waals surface area (Å²) in [6.45, 7) is -0.473. The summed E-state index contributed by atoms with van der Waals surface area (Å²) in [6.07, 6.45) is 1.66. The van der Waals surface area contributed by atoms with Crippen LogP contribution in [0.3, 0.4) is 0 Å². The van der Waals surface area contributed by atoms with E-state index in [-0.39, 0.29) is 30.9 Å². The Bertz CT molecular complexity index is 482. The fraction of sp³-hybridized carbons (Fsp3) is 0.417. The molecule has 1 aromatic rings. The summed E-state index contributed by atoms with van der Waals surface area (Å²) in [5, 5.41) is 13.0. The first-order chi connectivity index (χ1) is 9.08. The zero-order valence-corrected chi connectivity index (χ0v) is 11.0. The maximum atomic E-state index is 11.9. The second-order valence-corrected chi connectivity index (χ2v) is 5.25. The molecule has 0 spiro atoms. The molecule has 2 rings (SSSR count). The van der Waals surface area contributed by atoms with E-state index in [9.17, 15) is 14.4 Å². The summed E-state index contributed by atoms with van der Waals surface area (Å²) in [7, 11) is 0. The van der Waals surface area contributed by atoms with Crippen LogP contribution in [0.4, 0.5) is 0 Å². The molecule has 1 fully saturated rings. The van der Waals surface area contributed by atoms with E-state index in [4.69, 9.17) is 5.11 Å². The van der Waals surface area contributed by atoms with Crippen molar-refractivity contribution in [2.75, 3.05) is 13.1 Å². The first-order valence-corrected chi connectivity index (χ1v) is 6.79. The highest BCUT2D eigenvalue weighted by molar-refractivity contribution is 7.12. The molecule has 0 atom stereocenters. The monoisotopic (exact) mass is 282 g/mol. The number of rotatable bonds is 6. The van der Waals surface area contributed by atoms with Gasteiger partial charge in [0.1, 0.15) is 6.54 Å². The third-order valence-electron chi connectivity index (χ3n) is 2.76. The van der Waals surface area contributed by atoms with Gasteiger partial charge >= 0.3 is 5.97 Å². The number of carboxylic acid groups (broad SMARTS) is 1. The van der Waals surface area contributed by atoms with E-state index in [0.29, 0.717) is 4.88 Å². The highest BCUT2D eigenvalue weighted by Crippen LogP contribution is 2.26. The molecule has 2 amide bonds. The fourth-order valence-electron chi connectivity index (χ4n) is 1.71. The van der Waals surface area contributed by atoms with Gasteiger partial charge in [-0.2, -0.15) is 0 Å². The van der Waals surface area contributed by atoms with Gasteiger partial charge in [0, 0.05) is 6.04 Å². The number of nitrogens with one attached hydrogen (secondary N) is 1. The van der Waals surface area contributed by atoms with Crippen molar-refractivity contribution >= 4 is 29.1 Å². The van der Waals surface area contributed by atoms with Gasteiger partial charge in [0.15, 0.2) is 0 Å². The van der Waals surface area contributed by atoms with E-state index in [1.807, 2.05) is 0 Å². The molecule has 0 saturated heterocycles. The van der Waals surface area contributed by atoms with Crippen molar-refractivity contribution < 1.29 is 19.5 Å².